The average Bonchev–Trinajstić information content (AvgIpc) is 3.36. The molecule has 6 aromatic rings. The summed E-state index contributed by atoms with van der Waals surface area (Å²) in [5.74, 6) is 0. The Bertz CT molecular complexity index is 2530. The van der Waals surface area contributed by atoms with E-state index in [2.05, 4.69) is 193 Å². The van der Waals surface area contributed by atoms with Crippen LogP contribution in [0.5, 0.6) is 0 Å². The first-order valence-corrected chi connectivity index (χ1v) is 20.0. The predicted molar refractivity (Wildman–Crippen MR) is 232 cm³/mol. The lowest BCUT2D eigenvalue weighted by Gasteiger charge is -2.53. The molecule has 6 aromatic carbocycles. The molecule has 54 heavy (non-hydrogen) atoms. The third-order valence-electron chi connectivity index (χ3n) is 13.8. The van der Waals surface area contributed by atoms with Gasteiger partial charge in [-0.25, -0.2) is 0 Å². The molecule has 0 saturated heterocycles. The zero-order valence-electron chi connectivity index (χ0n) is 33.4. The van der Waals surface area contributed by atoms with E-state index in [-0.39, 0.29) is 28.5 Å². The zero-order chi connectivity index (χ0) is 37.5. The van der Waals surface area contributed by atoms with Crippen molar-refractivity contribution in [2.45, 2.75) is 96.9 Å². The minimum Gasteiger partial charge on any atom is -0.335 e. The van der Waals surface area contributed by atoms with Crippen LogP contribution in [0, 0.1) is 6.92 Å². The smallest absolute Gasteiger partial charge is 0.252 e. The quantitative estimate of drug-likeness (QED) is 0.166. The van der Waals surface area contributed by atoms with Crippen LogP contribution in [0.2, 0.25) is 0 Å². The van der Waals surface area contributed by atoms with Crippen molar-refractivity contribution in [1.29, 1.82) is 0 Å². The van der Waals surface area contributed by atoms with Gasteiger partial charge in [0.15, 0.2) is 0 Å². The largest absolute Gasteiger partial charge is 0.335 e. The number of hydrogen-bond acceptors (Lipinski definition) is 2. The van der Waals surface area contributed by atoms with Gasteiger partial charge in [0.2, 0.25) is 0 Å². The van der Waals surface area contributed by atoms with Crippen LogP contribution in [0.15, 0.2) is 121 Å². The number of benzene rings is 6. The fourth-order valence-corrected chi connectivity index (χ4v) is 10.8. The van der Waals surface area contributed by atoms with Crippen LogP contribution in [-0.4, -0.2) is 12.3 Å². The summed E-state index contributed by atoms with van der Waals surface area (Å²) >= 11 is 0. The summed E-state index contributed by atoms with van der Waals surface area (Å²) in [7, 11) is 0. The molecule has 3 heteroatoms. The highest BCUT2D eigenvalue weighted by atomic mass is 15.3. The molecule has 268 valence electrons. The van der Waals surface area contributed by atoms with Gasteiger partial charge in [-0.3, -0.25) is 0 Å². The summed E-state index contributed by atoms with van der Waals surface area (Å²) in [6, 6.07) is 47.2. The fourth-order valence-electron chi connectivity index (χ4n) is 10.8. The Morgan fingerprint density at radius 1 is 0.593 bits per heavy atom. The summed E-state index contributed by atoms with van der Waals surface area (Å²) < 4.78 is 0. The first kappa shape index (κ1) is 33.5. The highest BCUT2D eigenvalue weighted by molar-refractivity contribution is 7.00. The van der Waals surface area contributed by atoms with Crippen LogP contribution in [0.3, 0.4) is 0 Å². The Balaban J connectivity index is 1.31. The lowest BCUT2D eigenvalue weighted by molar-refractivity contribution is 0.286. The minimum absolute atomic E-state index is 0.000716. The Hall–Kier alpha value is -5.02. The van der Waals surface area contributed by atoms with E-state index in [0.717, 1.165) is 12.8 Å². The van der Waals surface area contributed by atoms with Gasteiger partial charge in [-0.15, -0.1) is 0 Å². The number of nitrogens with zero attached hydrogens (tertiary/aromatic N) is 2. The summed E-state index contributed by atoms with van der Waals surface area (Å²) in [5.41, 5.74) is 21.6. The first-order valence-electron chi connectivity index (χ1n) is 20.0. The second-order valence-electron chi connectivity index (χ2n) is 19.0. The molecule has 2 unspecified atom stereocenters. The highest BCUT2D eigenvalue weighted by Crippen LogP contribution is 2.62. The third kappa shape index (κ3) is 4.36. The average molecular weight is 703 g/mol. The topological polar surface area (TPSA) is 6.48 Å². The minimum atomic E-state index is -0.154. The molecule has 3 aliphatic heterocycles. The van der Waals surface area contributed by atoms with Crippen LogP contribution in [0.4, 0.5) is 28.4 Å². The standard InChI is InChI=1S/C51H51BN2/c1-32-28-44-46-45(29-32)54-47-39(51(9)38-19-14-13-18-34(38)26-27-50(51,54)8)20-15-21-41(47)52(46)40-24-22-36(49(5,6)7)31-43(40)53(44)42-25-23-35(48(2,3)4)30-37(42)33-16-11-10-12-17-33/h10-25,28-31H,26-27H2,1-9H3. The maximum Gasteiger partial charge on any atom is 0.252 e. The predicted octanol–water partition coefficient (Wildman–Crippen LogP) is 11.0. The molecular formula is C51H51BN2. The van der Waals surface area contributed by atoms with Crippen LogP contribution in [0.25, 0.3) is 11.1 Å². The summed E-state index contributed by atoms with van der Waals surface area (Å²) in [5, 5.41) is 0. The number of fused-ring (bicyclic) bond motifs is 9. The van der Waals surface area contributed by atoms with E-state index in [0.29, 0.717) is 0 Å². The number of hydrogen-bond donors (Lipinski definition) is 0. The van der Waals surface area contributed by atoms with E-state index in [1.807, 2.05) is 0 Å². The molecule has 2 nitrogen and oxygen atoms in total. The lowest BCUT2D eigenvalue weighted by atomic mass is 9.33. The molecular weight excluding hydrogens is 651 g/mol. The Labute approximate surface area is 323 Å². The molecule has 10 rings (SSSR count). The summed E-state index contributed by atoms with van der Waals surface area (Å²) in [6.45, 7) is 21.5. The monoisotopic (exact) mass is 702 g/mol. The van der Waals surface area contributed by atoms with Gasteiger partial charge < -0.3 is 9.80 Å². The van der Waals surface area contributed by atoms with Crippen molar-refractivity contribution in [3.8, 4) is 11.1 Å². The van der Waals surface area contributed by atoms with Crippen molar-refractivity contribution in [3.05, 3.63) is 155 Å². The maximum atomic E-state index is 2.82. The van der Waals surface area contributed by atoms with Gasteiger partial charge in [-0.05, 0) is 130 Å². The van der Waals surface area contributed by atoms with Gasteiger partial charge in [-0.2, -0.15) is 0 Å². The molecule has 0 fully saturated rings. The highest BCUT2D eigenvalue weighted by Gasteiger charge is 2.62. The molecule has 1 aliphatic carbocycles. The summed E-state index contributed by atoms with van der Waals surface area (Å²) in [4.78, 5) is 5.47. The molecule has 0 bridgehead atoms. The van der Waals surface area contributed by atoms with Crippen molar-refractivity contribution in [3.63, 3.8) is 0 Å². The molecule has 0 amide bonds. The number of rotatable bonds is 2. The summed E-state index contributed by atoms with van der Waals surface area (Å²) in [6.07, 6.45) is 2.19. The normalized spacial score (nSPS) is 20.6. The fraction of sp³-hybridized carbons (Fsp3) is 0.294. The van der Waals surface area contributed by atoms with Gasteiger partial charge in [0.05, 0.1) is 11.2 Å². The molecule has 2 atom stereocenters. The molecule has 0 saturated carbocycles. The van der Waals surface area contributed by atoms with Crippen molar-refractivity contribution < 1.29 is 0 Å². The molecule has 3 heterocycles. The first-order chi connectivity index (χ1) is 25.7. The number of aryl methyl sites for hydroxylation is 2. The van der Waals surface area contributed by atoms with Crippen LogP contribution >= 0.6 is 0 Å². The third-order valence-corrected chi connectivity index (χ3v) is 13.8. The van der Waals surface area contributed by atoms with Gasteiger partial charge in [0.25, 0.3) is 6.71 Å². The van der Waals surface area contributed by atoms with Crippen molar-refractivity contribution >= 4 is 51.5 Å². The molecule has 4 aliphatic rings. The van der Waals surface area contributed by atoms with Gasteiger partial charge in [0, 0.05) is 33.7 Å². The lowest BCUT2D eigenvalue weighted by Crippen LogP contribution is -2.64. The van der Waals surface area contributed by atoms with E-state index in [9.17, 15) is 0 Å². The zero-order valence-corrected chi connectivity index (χ0v) is 33.4. The van der Waals surface area contributed by atoms with Crippen LogP contribution in [-0.2, 0) is 22.7 Å². The number of para-hydroxylation sites is 1. The van der Waals surface area contributed by atoms with Crippen LogP contribution < -0.4 is 26.2 Å². The number of anilines is 5. The van der Waals surface area contributed by atoms with E-state index < -0.39 is 0 Å². The van der Waals surface area contributed by atoms with Crippen molar-refractivity contribution in [2.24, 2.45) is 0 Å². The van der Waals surface area contributed by atoms with E-state index >= 15 is 0 Å². The van der Waals surface area contributed by atoms with Crippen molar-refractivity contribution in [2.75, 3.05) is 9.80 Å². The SMILES string of the molecule is Cc1cc2c3c(c1)N1c4c(cccc4C4(C)c5ccccc5CCC14C)B3c1ccc(C(C)(C)C)cc1N2c1ccc(C(C)(C)C)cc1-c1ccccc1. The second-order valence-corrected chi connectivity index (χ2v) is 19.0. The van der Waals surface area contributed by atoms with Gasteiger partial charge >= 0.3 is 0 Å². The Kier molecular flexibility index (Phi) is 6.85. The molecule has 0 radical (unpaired) electrons. The van der Waals surface area contributed by atoms with E-state index in [1.54, 1.807) is 0 Å². The molecule has 0 spiro atoms. The Morgan fingerprint density at radius 2 is 1.26 bits per heavy atom. The molecule has 0 aromatic heterocycles. The maximum absolute atomic E-state index is 2.82. The Morgan fingerprint density at radius 3 is 2.02 bits per heavy atom. The molecule has 0 N–H and O–H groups in total. The van der Waals surface area contributed by atoms with Crippen LogP contribution in [0.1, 0.15) is 95.2 Å². The second kappa shape index (κ2) is 11.0. The van der Waals surface area contributed by atoms with E-state index in [1.165, 1.54) is 89.3 Å². The van der Waals surface area contributed by atoms with Gasteiger partial charge in [-0.1, -0.05) is 133 Å². The van der Waals surface area contributed by atoms with Gasteiger partial charge in [0.1, 0.15) is 0 Å². The van der Waals surface area contributed by atoms with Crippen molar-refractivity contribution in [1.82, 2.24) is 0 Å². The van der Waals surface area contributed by atoms with E-state index in [4.69, 9.17) is 0 Å².